The molecule has 2 saturated heterocycles. The number of halogens is 4. The Kier molecular flexibility index (Phi) is 21.6. The maximum absolute atomic E-state index is 16.3. The standard InChI is InChI=1S/C43H55ClFN3O7.C21H25ClFN3O3.C21H30O5/c1-22-32-37(35(44)38(36(22)45)47-17-6-5-7-25(46)21-47)48(26-9-10-26)23(2)33(39(32)52)40(53)55-18-14-31(51)43(54)16-13-29-28-11-8-24-19-27(49)12-15-41(24,3)34(28)30(50)20-42(29,43)4;1-10-14-18(26(13-6-7-13)11(2)15(20(14)27)21(28)29)16(22)19(17(10)23)25-8-4-3-5-12(24)9-25;1-19-7-5-13(23)9-12(19)3-4-14-15-6-8-21(26,17(25)11-22)20(15,2)10-16(24)18(14)19/h19,25-26,28-30,34,50,54H,5-18,20-21,46H2,1-4H3;12-13H,3-9,24H2,1-2H3,(H,28,29);9,14-16,18,22,24,26H,3-8,10-11H2,1-2H3/t25-,28+,29+,30+,34?,41+,42+,43+;12-;14-,15-,16-,18+,19-,20-,21-/m110/s1. The summed E-state index contributed by atoms with van der Waals surface area (Å²) in [5.41, 5.74) is 9.97. The minimum atomic E-state index is -1.71. The van der Waals surface area contributed by atoms with E-state index < -0.39 is 86.8 Å². The summed E-state index contributed by atoms with van der Waals surface area (Å²) in [5.74, 6) is -3.48. The number of nitrogens with zero attached hydrogens (tertiary/aromatic N) is 4. The van der Waals surface area contributed by atoms with Crippen LogP contribution in [-0.2, 0) is 23.9 Å². The molecule has 10 fully saturated rings. The number of aromatic carboxylic acids is 1. The molecule has 1 unspecified atom stereocenters. The van der Waals surface area contributed by atoms with Gasteiger partial charge in [0.05, 0.1) is 62.0 Å². The molecule has 0 radical (unpaired) electrons. The number of ether oxygens (including phenoxy) is 1. The van der Waals surface area contributed by atoms with E-state index in [9.17, 15) is 69.0 Å². The fourth-order valence-corrected chi connectivity index (χ4v) is 24.8. The number of carbonyl (C=O) groups is 6. The molecule has 25 heteroatoms. The molecule has 16 atom stereocenters. The van der Waals surface area contributed by atoms with Gasteiger partial charge >= 0.3 is 11.9 Å². The zero-order chi connectivity index (χ0) is 79.3. The quantitative estimate of drug-likeness (QED) is 0.0611. The number of hydrogen-bond donors (Lipinski definition) is 8. The number of aromatic nitrogens is 2. The van der Waals surface area contributed by atoms with E-state index in [2.05, 4.69) is 13.8 Å². The van der Waals surface area contributed by atoms with Gasteiger partial charge in [0.1, 0.15) is 28.9 Å². The Bertz CT molecular complexity index is 4700. The van der Waals surface area contributed by atoms with Crippen LogP contribution in [0, 0.1) is 96.5 Å². The van der Waals surface area contributed by atoms with Gasteiger partial charge in [0.2, 0.25) is 10.9 Å². The monoisotopic (exact) mass is 1560 g/mol. The second-order valence-corrected chi connectivity index (χ2v) is 36.7. The number of esters is 1. The number of nitrogens with two attached hydrogens (primary N) is 2. The van der Waals surface area contributed by atoms with Gasteiger partial charge in [0.25, 0.3) is 0 Å². The van der Waals surface area contributed by atoms with E-state index in [1.807, 2.05) is 32.8 Å². The predicted molar refractivity (Wildman–Crippen MR) is 415 cm³/mol. The first kappa shape index (κ1) is 80.3. The number of benzene rings is 2. The Morgan fingerprint density at radius 1 is 0.573 bits per heavy atom. The van der Waals surface area contributed by atoms with Crippen molar-refractivity contribution in [3.05, 3.63) is 99.1 Å². The van der Waals surface area contributed by atoms with E-state index >= 15 is 8.78 Å². The summed E-state index contributed by atoms with van der Waals surface area (Å²) in [6.07, 6.45) is 19.1. The van der Waals surface area contributed by atoms with Gasteiger partial charge in [0.15, 0.2) is 34.8 Å². The summed E-state index contributed by atoms with van der Waals surface area (Å²) in [6.45, 7) is 15.7. The van der Waals surface area contributed by atoms with E-state index in [1.54, 1.807) is 26.0 Å². The van der Waals surface area contributed by atoms with Crippen LogP contribution in [0.25, 0.3) is 21.8 Å². The molecule has 2 aromatic heterocycles. The third-order valence-corrected chi connectivity index (χ3v) is 30.7. The number of fused-ring (bicyclic) bond motifs is 12. The Morgan fingerprint density at radius 2 is 0.982 bits per heavy atom. The van der Waals surface area contributed by atoms with Crippen molar-refractivity contribution in [2.75, 3.05) is 49.2 Å². The predicted octanol–water partition coefficient (Wildman–Crippen LogP) is 12.0. The molecule has 8 saturated carbocycles. The van der Waals surface area contributed by atoms with Crippen LogP contribution in [0.5, 0.6) is 0 Å². The van der Waals surface area contributed by atoms with Crippen LogP contribution >= 0.6 is 23.2 Å². The zero-order valence-electron chi connectivity index (χ0n) is 64.8. The minimum Gasteiger partial charge on any atom is -0.477 e. The lowest BCUT2D eigenvalue weighted by molar-refractivity contribution is -0.182. The van der Waals surface area contributed by atoms with Crippen molar-refractivity contribution in [3.63, 3.8) is 0 Å². The van der Waals surface area contributed by atoms with Gasteiger partial charge in [0, 0.05) is 103 Å². The lowest BCUT2D eigenvalue weighted by atomic mass is 9.45. The smallest absolute Gasteiger partial charge is 0.343 e. The summed E-state index contributed by atoms with van der Waals surface area (Å²) in [6, 6.07) is -0.172. The number of pyridine rings is 2. The number of aryl methyl sites for hydroxylation is 2. The third-order valence-electron chi connectivity index (χ3n) is 30.0. The third kappa shape index (κ3) is 12.8. The molecule has 0 bridgehead atoms. The molecule has 0 amide bonds. The van der Waals surface area contributed by atoms with Gasteiger partial charge in [-0.05, 0) is 215 Å². The molecule has 4 aromatic rings. The van der Waals surface area contributed by atoms with Crippen molar-refractivity contribution < 1.29 is 72.9 Å². The van der Waals surface area contributed by atoms with Crippen LogP contribution in [-0.4, -0.2) is 150 Å². The van der Waals surface area contributed by atoms with E-state index in [0.29, 0.717) is 87.1 Å². The molecule has 2 aliphatic heterocycles. The number of aliphatic hydroxyl groups is 5. The Hall–Kier alpha value is -6.28. The average Bonchev–Trinajstić information content (AvgIpc) is 1.45. The Balaban J connectivity index is 0.000000153. The van der Waals surface area contributed by atoms with Gasteiger partial charge in [-0.25, -0.2) is 18.4 Å². The number of anilines is 2. The topological polar surface area (TPSA) is 336 Å². The fraction of sp³-hybridized carbons (Fsp3) is 0.671. The fourth-order valence-electron chi connectivity index (χ4n) is 24.1. The van der Waals surface area contributed by atoms with Crippen molar-refractivity contribution >= 4 is 91.5 Å². The lowest BCUT2D eigenvalue weighted by Crippen LogP contribution is -2.62. The van der Waals surface area contributed by atoms with Crippen LogP contribution < -0.4 is 32.1 Å². The Morgan fingerprint density at radius 3 is 1.39 bits per heavy atom. The maximum atomic E-state index is 16.3. The van der Waals surface area contributed by atoms with Crippen LogP contribution in [0.4, 0.5) is 20.2 Å². The number of carboxylic acid groups (broad SMARTS) is 1. The second kappa shape index (κ2) is 29.5. The number of ketones is 4. The lowest BCUT2D eigenvalue weighted by Gasteiger charge is -2.60. The van der Waals surface area contributed by atoms with Gasteiger partial charge in [-0.3, -0.25) is 28.8 Å². The molecular formula is C85H110Cl2F2N6O15. The van der Waals surface area contributed by atoms with Crippen LogP contribution in [0.15, 0.2) is 32.9 Å². The molecule has 598 valence electrons. The zero-order valence-corrected chi connectivity index (χ0v) is 66.3. The van der Waals surface area contributed by atoms with Crippen molar-refractivity contribution in [1.29, 1.82) is 0 Å². The summed E-state index contributed by atoms with van der Waals surface area (Å²) in [4.78, 5) is 107. The summed E-state index contributed by atoms with van der Waals surface area (Å²) in [5, 5.41) is 65.7. The Labute approximate surface area is 650 Å². The van der Waals surface area contributed by atoms with E-state index in [1.165, 1.54) is 19.4 Å². The largest absolute Gasteiger partial charge is 0.477 e. The molecule has 0 spiro atoms. The van der Waals surface area contributed by atoms with Gasteiger partial charge in [-0.1, -0.05) is 74.9 Å². The highest BCUT2D eigenvalue weighted by Gasteiger charge is 2.70. The highest BCUT2D eigenvalue weighted by atomic mass is 35.5. The highest BCUT2D eigenvalue weighted by molar-refractivity contribution is 6.39. The van der Waals surface area contributed by atoms with Crippen LogP contribution in [0.1, 0.15) is 244 Å². The number of rotatable bonds is 12. The first-order valence-electron chi connectivity index (χ1n) is 40.4. The normalized spacial score (nSPS) is 34.6. The summed E-state index contributed by atoms with van der Waals surface area (Å²) in [7, 11) is 0. The number of aliphatic hydroxyl groups excluding tert-OH is 3. The molecule has 10 aliphatic carbocycles. The van der Waals surface area contributed by atoms with E-state index in [4.69, 9.17) is 39.4 Å². The number of Topliss-reactive ketones (excluding diaryl/α,β-unsaturated/α-hetero) is 2. The minimum absolute atomic E-state index is 0.0154. The molecule has 4 heterocycles. The van der Waals surface area contributed by atoms with Crippen molar-refractivity contribution in [1.82, 2.24) is 9.13 Å². The first-order valence-corrected chi connectivity index (χ1v) is 41.2. The van der Waals surface area contributed by atoms with Crippen LogP contribution in [0.2, 0.25) is 10.0 Å². The number of allylic oxidation sites excluding steroid dienone is 2. The van der Waals surface area contributed by atoms with E-state index in [0.717, 1.165) is 108 Å². The van der Waals surface area contributed by atoms with Crippen molar-refractivity contribution in [2.24, 2.45) is 68.6 Å². The first-order chi connectivity index (χ1) is 51.9. The molecule has 16 rings (SSSR count). The molecule has 10 N–H and O–H groups in total. The highest BCUT2D eigenvalue weighted by Crippen LogP contribution is 2.70. The molecule has 21 nitrogen and oxygen atoms in total. The van der Waals surface area contributed by atoms with Gasteiger partial charge in [-0.2, -0.15) is 0 Å². The van der Waals surface area contributed by atoms with E-state index in [-0.39, 0.29) is 162 Å². The number of hydrogen-bond acceptors (Lipinski definition) is 18. The SMILES string of the molecule is C[C@]12CCC(=O)C=C1CC[C@@H]1[C@@H]2[C@@H](O)C[C@@]2(C)[C@H]1CC[C@]2(O)C(=O)CO.Cc1c(F)c(N2CCCC[C@@H](N)C2)c(Cl)c2c1c(=O)c(C(=O)O)c(C)n2C1CC1.Cc1c(F)c(N2CCCC[C@@H](N)C2)c(Cl)c2c1c(=O)c(C(=O)OCCC(=O)[C@@]1(O)CC[C@H]3[C@@H]4CCC5=CC(=O)CC[C@]5(C)C4[C@@H](O)C[C@@]31C)c(C)n2C1CC1. The van der Waals surface area contributed by atoms with Crippen molar-refractivity contribution in [3.8, 4) is 0 Å². The number of carboxylic acids is 1. The molecule has 110 heavy (non-hydrogen) atoms. The summed E-state index contributed by atoms with van der Waals surface area (Å²) < 4.78 is 41.2. The van der Waals surface area contributed by atoms with Gasteiger partial charge < -0.3 is 65.8 Å². The second-order valence-electron chi connectivity index (χ2n) is 36.0. The van der Waals surface area contributed by atoms with Crippen LogP contribution in [0.3, 0.4) is 0 Å². The number of carbonyl (C=O) groups excluding carboxylic acids is 5. The molecule has 12 aliphatic rings. The maximum Gasteiger partial charge on any atom is 0.343 e. The van der Waals surface area contributed by atoms with Gasteiger partial charge in [-0.15, -0.1) is 0 Å². The molecule has 2 aromatic carbocycles. The molecular weight excluding hydrogens is 1450 g/mol. The average molecular weight is 1560 g/mol. The summed E-state index contributed by atoms with van der Waals surface area (Å²) >= 11 is 13.8. The van der Waals surface area contributed by atoms with Crippen molar-refractivity contribution in [2.45, 2.75) is 263 Å².